The van der Waals surface area contributed by atoms with Crippen LogP contribution in [-0.4, -0.2) is 19.1 Å². The molecule has 0 saturated heterocycles. The highest BCUT2D eigenvalue weighted by Gasteiger charge is 2.25. The molecule has 0 aliphatic heterocycles. The van der Waals surface area contributed by atoms with Crippen molar-refractivity contribution >= 4 is 17.3 Å². The van der Waals surface area contributed by atoms with Crippen LogP contribution in [0.5, 0.6) is 17.2 Å². The number of nitro groups is 1. The van der Waals surface area contributed by atoms with E-state index in [2.05, 4.69) is 0 Å². The summed E-state index contributed by atoms with van der Waals surface area (Å²) in [4.78, 5) is 11.1. The third-order valence-electron chi connectivity index (χ3n) is 4.14. The highest BCUT2D eigenvalue weighted by atomic mass is 35.5. The summed E-state index contributed by atoms with van der Waals surface area (Å²) in [6.45, 7) is 5.62. The van der Waals surface area contributed by atoms with Crippen LogP contribution in [-0.2, 0) is 5.88 Å². The fourth-order valence-electron chi connectivity index (χ4n) is 2.91. The third-order valence-corrected chi connectivity index (χ3v) is 4.45. The van der Waals surface area contributed by atoms with Crippen LogP contribution in [0.1, 0.15) is 35.3 Å². The summed E-state index contributed by atoms with van der Waals surface area (Å²) in [5.41, 5.74) is 3.18. The topological polar surface area (TPSA) is 70.8 Å². The molecule has 140 valence electrons. The number of methoxy groups -OCH3 is 2. The molecule has 0 N–H and O–H groups in total. The van der Waals surface area contributed by atoms with E-state index in [4.69, 9.17) is 25.8 Å². The summed E-state index contributed by atoms with van der Waals surface area (Å²) in [5, 5.41) is 11.5. The molecule has 2 aromatic rings. The van der Waals surface area contributed by atoms with Crippen molar-refractivity contribution in [3.63, 3.8) is 0 Å². The molecule has 0 amide bonds. The number of rotatable bonds is 7. The second-order valence-electron chi connectivity index (χ2n) is 5.98. The Morgan fingerprint density at radius 2 is 1.62 bits per heavy atom. The van der Waals surface area contributed by atoms with Gasteiger partial charge in [-0.15, -0.1) is 11.6 Å². The summed E-state index contributed by atoms with van der Waals surface area (Å²) in [5.74, 6) is 1.82. The summed E-state index contributed by atoms with van der Waals surface area (Å²) >= 11 is 5.90. The first kappa shape index (κ1) is 19.8. The van der Waals surface area contributed by atoms with E-state index in [0.717, 1.165) is 16.7 Å². The first-order valence-electron chi connectivity index (χ1n) is 8.05. The highest BCUT2D eigenvalue weighted by molar-refractivity contribution is 6.17. The second-order valence-corrected chi connectivity index (χ2v) is 6.24. The number of hydrogen-bond donors (Lipinski definition) is 0. The lowest BCUT2D eigenvalue weighted by molar-refractivity contribution is -0.386. The van der Waals surface area contributed by atoms with E-state index >= 15 is 0 Å². The number of ether oxygens (including phenoxy) is 3. The molecular weight excluding hydrogens is 358 g/mol. The predicted molar refractivity (Wildman–Crippen MR) is 101 cm³/mol. The van der Waals surface area contributed by atoms with Crippen LogP contribution in [0, 0.1) is 24.0 Å². The number of hydrogen-bond acceptors (Lipinski definition) is 5. The second kappa shape index (κ2) is 8.27. The number of nitrogens with zero attached hydrogens (tertiary/aromatic N) is 1. The van der Waals surface area contributed by atoms with Crippen LogP contribution in [0.2, 0.25) is 0 Å². The normalized spacial score (nSPS) is 11.8. The van der Waals surface area contributed by atoms with E-state index in [1.165, 1.54) is 20.3 Å². The first-order valence-corrected chi connectivity index (χ1v) is 8.58. The highest BCUT2D eigenvalue weighted by Crippen LogP contribution is 2.39. The Bertz CT molecular complexity index is 799. The van der Waals surface area contributed by atoms with Crippen molar-refractivity contribution in [2.24, 2.45) is 0 Å². The van der Waals surface area contributed by atoms with Gasteiger partial charge in [-0.25, -0.2) is 0 Å². The van der Waals surface area contributed by atoms with Crippen molar-refractivity contribution in [1.29, 1.82) is 0 Å². The molecule has 7 heteroatoms. The van der Waals surface area contributed by atoms with Gasteiger partial charge in [-0.2, -0.15) is 0 Å². The zero-order valence-electron chi connectivity index (χ0n) is 15.5. The van der Waals surface area contributed by atoms with E-state index in [9.17, 15) is 10.1 Å². The predicted octanol–water partition coefficient (Wildman–Crippen LogP) is 5.11. The summed E-state index contributed by atoms with van der Waals surface area (Å²) in [6.07, 6.45) is -0.561. The molecule has 0 fully saturated rings. The lowest BCUT2D eigenvalue weighted by atomic mass is 10.0. The van der Waals surface area contributed by atoms with Crippen LogP contribution in [0.3, 0.4) is 0 Å². The molecule has 6 nitrogen and oxygen atoms in total. The van der Waals surface area contributed by atoms with Crippen LogP contribution < -0.4 is 14.2 Å². The number of aryl methyl sites for hydroxylation is 2. The molecule has 0 aliphatic carbocycles. The maximum absolute atomic E-state index is 11.5. The van der Waals surface area contributed by atoms with Crippen molar-refractivity contribution in [2.75, 3.05) is 14.2 Å². The van der Waals surface area contributed by atoms with E-state index in [1.54, 1.807) is 13.0 Å². The molecule has 0 saturated carbocycles. The number of alkyl halides is 1. The average molecular weight is 380 g/mol. The maximum atomic E-state index is 11.5. The van der Waals surface area contributed by atoms with Gasteiger partial charge in [0.15, 0.2) is 11.5 Å². The van der Waals surface area contributed by atoms with E-state index in [0.29, 0.717) is 28.7 Å². The summed E-state index contributed by atoms with van der Waals surface area (Å²) in [7, 11) is 2.92. The van der Waals surface area contributed by atoms with Crippen molar-refractivity contribution in [3.05, 3.63) is 56.6 Å². The van der Waals surface area contributed by atoms with E-state index in [1.807, 2.05) is 26.0 Å². The Hall–Kier alpha value is -2.47. The zero-order valence-corrected chi connectivity index (χ0v) is 16.2. The van der Waals surface area contributed by atoms with Gasteiger partial charge in [0, 0.05) is 5.88 Å². The Morgan fingerprint density at radius 3 is 2.08 bits per heavy atom. The van der Waals surface area contributed by atoms with Gasteiger partial charge < -0.3 is 14.2 Å². The number of benzene rings is 2. The molecule has 1 atom stereocenters. The van der Waals surface area contributed by atoms with Gasteiger partial charge in [0.1, 0.15) is 11.9 Å². The Balaban J connectivity index is 2.47. The molecule has 0 aromatic heterocycles. The monoisotopic (exact) mass is 379 g/mol. The molecule has 2 rings (SSSR count). The van der Waals surface area contributed by atoms with Gasteiger partial charge in [-0.3, -0.25) is 10.1 Å². The minimum absolute atomic E-state index is 0.0807. The zero-order chi connectivity index (χ0) is 19.4. The van der Waals surface area contributed by atoms with Crippen LogP contribution >= 0.6 is 11.6 Å². The van der Waals surface area contributed by atoms with E-state index < -0.39 is 11.0 Å². The van der Waals surface area contributed by atoms with Crippen molar-refractivity contribution < 1.29 is 19.1 Å². The smallest absolute Gasteiger partial charge is 0.280 e. The summed E-state index contributed by atoms with van der Waals surface area (Å²) < 4.78 is 16.5. The Kier molecular flexibility index (Phi) is 6.32. The lowest BCUT2D eigenvalue weighted by Gasteiger charge is -2.20. The first-order chi connectivity index (χ1) is 12.3. The molecule has 26 heavy (non-hydrogen) atoms. The molecule has 0 heterocycles. The maximum Gasteiger partial charge on any atom is 0.280 e. The lowest BCUT2D eigenvalue weighted by Crippen LogP contribution is -2.09. The van der Waals surface area contributed by atoms with Gasteiger partial charge >= 0.3 is 0 Å². The molecule has 0 aliphatic rings. The standard InChI is InChI=1S/C19H22ClNO5/c1-11-6-14(10-20)7-12(2)19(11)26-13(3)15-8-17(24-4)18(25-5)9-16(15)21(22)23/h6-9,13H,10H2,1-5H3. The minimum Gasteiger partial charge on any atom is -0.493 e. The van der Waals surface area contributed by atoms with Crippen molar-refractivity contribution in [3.8, 4) is 17.2 Å². The van der Waals surface area contributed by atoms with Gasteiger partial charge in [0.05, 0.1) is 30.8 Å². The largest absolute Gasteiger partial charge is 0.493 e. The van der Waals surface area contributed by atoms with Crippen molar-refractivity contribution in [2.45, 2.75) is 32.8 Å². The Labute approximate surface area is 157 Å². The number of halogens is 1. The van der Waals surface area contributed by atoms with Gasteiger partial charge in [0.2, 0.25) is 0 Å². The van der Waals surface area contributed by atoms with Gasteiger partial charge in [0.25, 0.3) is 5.69 Å². The minimum atomic E-state index is -0.561. The Morgan fingerprint density at radius 1 is 1.08 bits per heavy atom. The third kappa shape index (κ3) is 4.02. The van der Waals surface area contributed by atoms with Gasteiger partial charge in [-0.05, 0) is 43.5 Å². The van der Waals surface area contributed by atoms with E-state index in [-0.39, 0.29) is 5.69 Å². The summed E-state index contributed by atoms with van der Waals surface area (Å²) in [6, 6.07) is 6.83. The molecule has 0 radical (unpaired) electrons. The molecule has 0 bridgehead atoms. The van der Waals surface area contributed by atoms with Crippen molar-refractivity contribution in [1.82, 2.24) is 0 Å². The molecule has 2 aromatic carbocycles. The average Bonchev–Trinajstić information content (AvgIpc) is 2.62. The van der Waals surface area contributed by atoms with Crippen LogP contribution in [0.15, 0.2) is 24.3 Å². The fourth-order valence-corrected chi connectivity index (χ4v) is 3.07. The molecule has 1 unspecified atom stereocenters. The molecular formula is C19H22ClNO5. The SMILES string of the molecule is COc1cc(C(C)Oc2c(C)cc(CCl)cc2C)c([N+](=O)[O-])cc1OC. The van der Waals surface area contributed by atoms with Gasteiger partial charge in [-0.1, -0.05) is 12.1 Å². The quantitative estimate of drug-likeness (QED) is 0.380. The van der Waals surface area contributed by atoms with Crippen LogP contribution in [0.4, 0.5) is 5.69 Å². The fraction of sp³-hybridized carbons (Fsp3) is 0.368. The van der Waals surface area contributed by atoms with Crippen LogP contribution in [0.25, 0.3) is 0 Å². The molecule has 0 spiro atoms. The number of nitro benzene ring substituents is 1.